The van der Waals surface area contributed by atoms with E-state index in [1.807, 2.05) is 12.1 Å². The molecular formula is C17H25N3O. The van der Waals surface area contributed by atoms with E-state index in [1.54, 1.807) is 0 Å². The number of aliphatic hydroxyl groups is 1. The first kappa shape index (κ1) is 15.8. The van der Waals surface area contributed by atoms with Crippen molar-refractivity contribution in [3.63, 3.8) is 0 Å². The van der Waals surface area contributed by atoms with Crippen molar-refractivity contribution in [2.24, 2.45) is 5.92 Å². The molecule has 4 nitrogen and oxygen atoms in total. The Balaban J connectivity index is 2.15. The molecule has 0 radical (unpaired) electrons. The number of hydrogen-bond acceptors (Lipinski definition) is 4. The molecule has 0 bridgehead atoms. The Labute approximate surface area is 127 Å². The first-order valence-corrected chi connectivity index (χ1v) is 7.70. The highest BCUT2D eigenvalue weighted by atomic mass is 16.3. The van der Waals surface area contributed by atoms with Gasteiger partial charge in [0.1, 0.15) is 6.07 Å². The summed E-state index contributed by atoms with van der Waals surface area (Å²) >= 11 is 0. The van der Waals surface area contributed by atoms with Crippen LogP contribution >= 0.6 is 0 Å². The molecule has 0 aromatic heterocycles. The fourth-order valence-electron chi connectivity index (χ4n) is 2.65. The molecule has 2 N–H and O–H groups in total. The summed E-state index contributed by atoms with van der Waals surface area (Å²) in [5.74, 6) is 0.335. The Morgan fingerprint density at radius 3 is 2.86 bits per heavy atom. The standard InChI is InChI=1S/C17H25N3O/c1-12(2)19-10-14-4-5-16(15(8-14)9-18)20-7-6-13(3)17(21)11-20/h4-5,8,12-13,17,19,21H,6-7,10-11H2,1-3H3. The monoisotopic (exact) mass is 287 g/mol. The summed E-state index contributed by atoms with van der Waals surface area (Å²) in [6.07, 6.45) is 0.649. The molecule has 1 heterocycles. The van der Waals surface area contributed by atoms with Crippen LogP contribution in [0.1, 0.15) is 38.3 Å². The second-order valence-corrected chi connectivity index (χ2v) is 6.28. The topological polar surface area (TPSA) is 59.3 Å². The van der Waals surface area contributed by atoms with Crippen molar-refractivity contribution >= 4 is 5.69 Å². The van der Waals surface area contributed by atoms with Gasteiger partial charge in [-0.05, 0) is 30.0 Å². The SMILES string of the molecule is CC(C)NCc1ccc(N2CCC(C)C(O)C2)c(C#N)c1. The van der Waals surface area contributed by atoms with Gasteiger partial charge in [-0.1, -0.05) is 26.8 Å². The average Bonchev–Trinajstić information content (AvgIpc) is 2.47. The van der Waals surface area contributed by atoms with E-state index in [0.29, 0.717) is 24.1 Å². The Bertz CT molecular complexity index is 521. The third-order valence-electron chi connectivity index (χ3n) is 4.16. The maximum Gasteiger partial charge on any atom is 0.101 e. The van der Waals surface area contributed by atoms with Gasteiger partial charge >= 0.3 is 0 Å². The molecule has 114 valence electrons. The Hall–Kier alpha value is -1.57. The maximum absolute atomic E-state index is 10.0. The van der Waals surface area contributed by atoms with Gasteiger partial charge in [-0.25, -0.2) is 0 Å². The fourth-order valence-corrected chi connectivity index (χ4v) is 2.65. The van der Waals surface area contributed by atoms with Crippen LogP contribution in [0.15, 0.2) is 18.2 Å². The van der Waals surface area contributed by atoms with Crippen LogP contribution < -0.4 is 10.2 Å². The van der Waals surface area contributed by atoms with Gasteiger partial charge in [-0.15, -0.1) is 0 Å². The van der Waals surface area contributed by atoms with E-state index in [1.165, 1.54) is 0 Å². The number of benzene rings is 1. The van der Waals surface area contributed by atoms with Gasteiger partial charge in [0.25, 0.3) is 0 Å². The minimum Gasteiger partial charge on any atom is -0.391 e. The summed E-state index contributed by atoms with van der Waals surface area (Å²) in [7, 11) is 0. The Kier molecular flexibility index (Phi) is 5.22. The third-order valence-corrected chi connectivity index (χ3v) is 4.16. The lowest BCUT2D eigenvalue weighted by molar-refractivity contribution is 0.103. The zero-order valence-electron chi connectivity index (χ0n) is 13.1. The first-order valence-electron chi connectivity index (χ1n) is 7.70. The number of nitrogens with one attached hydrogen (secondary N) is 1. The lowest BCUT2D eigenvalue weighted by Crippen LogP contribution is -2.43. The van der Waals surface area contributed by atoms with E-state index in [4.69, 9.17) is 0 Å². The van der Waals surface area contributed by atoms with Gasteiger partial charge in [-0.2, -0.15) is 5.26 Å². The quantitative estimate of drug-likeness (QED) is 0.892. The van der Waals surface area contributed by atoms with Crippen molar-refractivity contribution in [3.8, 4) is 6.07 Å². The van der Waals surface area contributed by atoms with Crippen LogP contribution in [0.4, 0.5) is 5.69 Å². The van der Waals surface area contributed by atoms with E-state index in [2.05, 4.69) is 43.1 Å². The normalized spacial score (nSPS) is 22.4. The predicted octanol–water partition coefficient (Wildman–Crippen LogP) is 2.26. The predicted molar refractivity (Wildman–Crippen MR) is 85.1 cm³/mol. The number of nitrogens with zero attached hydrogens (tertiary/aromatic N) is 2. The molecule has 1 aromatic rings. The largest absolute Gasteiger partial charge is 0.391 e. The van der Waals surface area contributed by atoms with E-state index in [-0.39, 0.29) is 6.10 Å². The number of anilines is 1. The lowest BCUT2D eigenvalue weighted by Gasteiger charge is -2.36. The smallest absolute Gasteiger partial charge is 0.101 e. The zero-order valence-corrected chi connectivity index (χ0v) is 13.1. The number of aliphatic hydroxyl groups excluding tert-OH is 1. The van der Waals surface area contributed by atoms with Gasteiger partial charge in [0.2, 0.25) is 0 Å². The van der Waals surface area contributed by atoms with E-state index in [9.17, 15) is 10.4 Å². The molecule has 1 aromatic carbocycles. The summed E-state index contributed by atoms with van der Waals surface area (Å²) in [5.41, 5.74) is 2.76. The molecule has 2 unspecified atom stereocenters. The Morgan fingerprint density at radius 2 is 2.24 bits per heavy atom. The number of β-amino-alcohol motifs (C(OH)–C–C–N with tert-alkyl or cyclic N) is 1. The van der Waals surface area contributed by atoms with Crippen LogP contribution in [0.2, 0.25) is 0 Å². The van der Waals surface area contributed by atoms with Crippen LogP contribution in [0, 0.1) is 17.2 Å². The second-order valence-electron chi connectivity index (χ2n) is 6.28. The van der Waals surface area contributed by atoms with Gasteiger partial charge in [0, 0.05) is 25.7 Å². The van der Waals surface area contributed by atoms with Crippen molar-refractivity contribution in [1.29, 1.82) is 5.26 Å². The van der Waals surface area contributed by atoms with Gasteiger partial charge in [0.05, 0.1) is 17.4 Å². The molecule has 2 rings (SSSR count). The number of rotatable bonds is 4. The average molecular weight is 287 g/mol. The molecule has 1 aliphatic rings. The third kappa shape index (κ3) is 3.96. The zero-order chi connectivity index (χ0) is 15.4. The highest BCUT2D eigenvalue weighted by Gasteiger charge is 2.25. The summed E-state index contributed by atoms with van der Waals surface area (Å²) in [4.78, 5) is 2.13. The molecule has 21 heavy (non-hydrogen) atoms. The minimum absolute atomic E-state index is 0.312. The minimum atomic E-state index is -0.312. The van der Waals surface area contributed by atoms with E-state index in [0.717, 1.165) is 30.8 Å². The van der Waals surface area contributed by atoms with Crippen LogP contribution in [0.5, 0.6) is 0 Å². The van der Waals surface area contributed by atoms with E-state index < -0.39 is 0 Å². The lowest BCUT2D eigenvalue weighted by atomic mass is 9.95. The molecule has 0 aliphatic carbocycles. The van der Waals surface area contributed by atoms with Crippen LogP contribution in [-0.2, 0) is 6.54 Å². The molecule has 0 amide bonds. The van der Waals surface area contributed by atoms with Crippen LogP contribution in [0.25, 0.3) is 0 Å². The van der Waals surface area contributed by atoms with Crippen molar-refractivity contribution in [1.82, 2.24) is 5.32 Å². The maximum atomic E-state index is 10.0. The van der Waals surface area contributed by atoms with Crippen molar-refractivity contribution < 1.29 is 5.11 Å². The van der Waals surface area contributed by atoms with Crippen molar-refractivity contribution in [2.75, 3.05) is 18.0 Å². The summed E-state index contributed by atoms with van der Waals surface area (Å²) in [6.45, 7) is 8.57. The number of hydrogen-bond donors (Lipinski definition) is 2. The first-order chi connectivity index (χ1) is 10.0. The van der Waals surface area contributed by atoms with E-state index >= 15 is 0 Å². The molecule has 0 saturated carbocycles. The van der Waals surface area contributed by atoms with Gasteiger partial charge in [0.15, 0.2) is 0 Å². The molecule has 1 saturated heterocycles. The highest BCUT2D eigenvalue weighted by molar-refractivity contribution is 5.60. The molecular weight excluding hydrogens is 262 g/mol. The molecule has 1 aliphatic heterocycles. The van der Waals surface area contributed by atoms with Crippen LogP contribution in [-0.4, -0.2) is 30.3 Å². The number of piperidine rings is 1. The Morgan fingerprint density at radius 1 is 1.48 bits per heavy atom. The van der Waals surface area contributed by atoms with Crippen molar-refractivity contribution in [2.45, 2.75) is 45.9 Å². The molecule has 0 spiro atoms. The molecule has 2 atom stereocenters. The van der Waals surface area contributed by atoms with Crippen molar-refractivity contribution in [3.05, 3.63) is 29.3 Å². The summed E-state index contributed by atoms with van der Waals surface area (Å²) < 4.78 is 0. The summed E-state index contributed by atoms with van der Waals surface area (Å²) in [5, 5.41) is 22.8. The summed E-state index contributed by atoms with van der Waals surface area (Å²) in [6, 6.07) is 8.75. The highest BCUT2D eigenvalue weighted by Crippen LogP contribution is 2.27. The number of nitriles is 1. The molecule has 1 fully saturated rings. The molecule has 4 heteroatoms. The second kappa shape index (κ2) is 6.93. The fraction of sp³-hybridized carbons (Fsp3) is 0.588. The van der Waals surface area contributed by atoms with Gasteiger partial charge in [-0.3, -0.25) is 0 Å². The van der Waals surface area contributed by atoms with Gasteiger partial charge < -0.3 is 15.3 Å². The van der Waals surface area contributed by atoms with Crippen LogP contribution in [0.3, 0.4) is 0 Å².